The number of aromatic nitrogens is 1. The molecule has 3 aromatic rings. The summed E-state index contributed by atoms with van der Waals surface area (Å²) in [7, 11) is 1.93. The summed E-state index contributed by atoms with van der Waals surface area (Å²) >= 11 is 5.28. The van der Waals surface area contributed by atoms with Gasteiger partial charge in [0.1, 0.15) is 5.69 Å². The van der Waals surface area contributed by atoms with Crippen molar-refractivity contribution < 1.29 is 4.79 Å². The number of benzene rings is 1. The monoisotopic (exact) mass is 390 g/mol. The number of fused-ring (bicyclic) bond motifs is 1. The van der Waals surface area contributed by atoms with E-state index in [4.69, 9.17) is 0 Å². The standard InChI is InChI=1S/C18H19BrN2OS/c1-11(2)16(14-9-6-10-23-14)20-18(22)17-15(19)12-7-4-5-8-13(12)21(17)3/h4-11,16H,1-3H3,(H,20,22). The molecule has 0 radical (unpaired) electrons. The first-order valence-corrected chi connectivity index (χ1v) is 9.25. The number of nitrogens with one attached hydrogen (secondary N) is 1. The van der Waals surface area contributed by atoms with Gasteiger partial charge in [-0.25, -0.2) is 0 Å². The van der Waals surface area contributed by atoms with E-state index in [9.17, 15) is 4.79 Å². The van der Waals surface area contributed by atoms with Crippen LogP contribution in [0, 0.1) is 5.92 Å². The van der Waals surface area contributed by atoms with Gasteiger partial charge in [-0.15, -0.1) is 11.3 Å². The molecular weight excluding hydrogens is 372 g/mol. The molecule has 0 fully saturated rings. The third kappa shape index (κ3) is 2.95. The zero-order valence-electron chi connectivity index (χ0n) is 13.3. The number of carbonyl (C=O) groups excluding carboxylic acids is 1. The number of halogens is 1. The van der Waals surface area contributed by atoms with Crippen molar-refractivity contribution in [1.29, 1.82) is 0 Å². The van der Waals surface area contributed by atoms with Crippen molar-refractivity contribution in [3.63, 3.8) is 0 Å². The second-order valence-corrected chi connectivity index (χ2v) is 7.72. The topological polar surface area (TPSA) is 34.0 Å². The van der Waals surface area contributed by atoms with Gasteiger partial charge >= 0.3 is 0 Å². The predicted octanol–water partition coefficient (Wildman–Crippen LogP) is 5.13. The summed E-state index contributed by atoms with van der Waals surface area (Å²) in [6.07, 6.45) is 0. The van der Waals surface area contributed by atoms with E-state index in [1.54, 1.807) is 11.3 Å². The van der Waals surface area contributed by atoms with Gasteiger partial charge in [-0.2, -0.15) is 0 Å². The van der Waals surface area contributed by atoms with E-state index < -0.39 is 0 Å². The van der Waals surface area contributed by atoms with Gasteiger partial charge in [-0.3, -0.25) is 4.79 Å². The minimum atomic E-state index is -0.0531. The molecule has 3 rings (SSSR count). The second-order valence-electron chi connectivity index (χ2n) is 5.95. The Hall–Kier alpha value is -1.59. The Morgan fingerprint density at radius 2 is 1.96 bits per heavy atom. The maximum atomic E-state index is 12.9. The van der Waals surface area contributed by atoms with Gasteiger partial charge in [-0.1, -0.05) is 38.1 Å². The van der Waals surface area contributed by atoms with E-state index >= 15 is 0 Å². The van der Waals surface area contributed by atoms with Crippen molar-refractivity contribution in [2.45, 2.75) is 19.9 Å². The number of nitrogens with zero attached hydrogens (tertiary/aromatic N) is 1. The summed E-state index contributed by atoms with van der Waals surface area (Å²) in [4.78, 5) is 14.1. The molecular formula is C18H19BrN2OS. The molecule has 5 heteroatoms. The highest BCUT2D eigenvalue weighted by Crippen LogP contribution is 2.32. The fourth-order valence-corrected chi connectivity index (χ4v) is 4.57. The lowest BCUT2D eigenvalue weighted by Gasteiger charge is -2.21. The molecule has 1 amide bonds. The lowest BCUT2D eigenvalue weighted by atomic mass is 10.0. The molecule has 1 N–H and O–H groups in total. The maximum Gasteiger partial charge on any atom is 0.269 e. The molecule has 0 spiro atoms. The lowest BCUT2D eigenvalue weighted by molar-refractivity contribution is 0.0918. The Morgan fingerprint density at radius 1 is 1.22 bits per heavy atom. The van der Waals surface area contributed by atoms with Gasteiger partial charge in [0, 0.05) is 22.8 Å². The Balaban J connectivity index is 1.97. The van der Waals surface area contributed by atoms with Crippen LogP contribution in [0.2, 0.25) is 0 Å². The molecule has 0 aliphatic heterocycles. The average Bonchev–Trinajstić information content (AvgIpc) is 3.13. The smallest absolute Gasteiger partial charge is 0.269 e. The van der Waals surface area contributed by atoms with Gasteiger partial charge in [0.15, 0.2) is 0 Å². The summed E-state index contributed by atoms with van der Waals surface area (Å²) in [5.74, 6) is 0.272. The van der Waals surface area contributed by atoms with Gasteiger partial charge < -0.3 is 9.88 Å². The SMILES string of the molecule is CC(C)C(NC(=O)c1c(Br)c2ccccc2n1C)c1cccs1. The maximum absolute atomic E-state index is 12.9. The van der Waals surface area contributed by atoms with E-state index in [2.05, 4.69) is 41.2 Å². The predicted molar refractivity (Wildman–Crippen MR) is 100.0 cm³/mol. The Bertz CT molecular complexity index is 797. The fourth-order valence-electron chi connectivity index (χ4n) is 2.84. The minimum absolute atomic E-state index is 0.0208. The van der Waals surface area contributed by atoms with Crippen LogP contribution in [0.3, 0.4) is 0 Å². The fraction of sp³-hybridized carbons (Fsp3) is 0.278. The van der Waals surface area contributed by atoms with E-state index in [0.29, 0.717) is 11.6 Å². The van der Waals surface area contributed by atoms with E-state index in [1.807, 2.05) is 47.3 Å². The lowest BCUT2D eigenvalue weighted by Crippen LogP contribution is -2.32. The summed E-state index contributed by atoms with van der Waals surface area (Å²) in [5, 5.41) is 6.30. The van der Waals surface area contributed by atoms with Crippen molar-refractivity contribution in [1.82, 2.24) is 9.88 Å². The van der Waals surface area contributed by atoms with Crippen LogP contribution in [0.5, 0.6) is 0 Å². The number of amides is 1. The molecule has 120 valence electrons. The first kappa shape index (κ1) is 16.3. The third-order valence-corrected chi connectivity index (χ3v) is 5.82. The second kappa shape index (κ2) is 6.49. The van der Waals surface area contributed by atoms with Crippen molar-refractivity contribution in [3.05, 3.63) is 56.8 Å². The van der Waals surface area contributed by atoms with Crippen LogP contribution in [-0.4, -0.2) is 10.5 Å². The van der Waals surface area contributed by atoms with Crippen molar-refractivity contribution >= 4 is 44.1 Å². The molecule has 0 saturated carbocycles. The average molecular weight is 391 g/mol. The number of carbonyl (C=O) groups is 1. The molecule has 1 atom stereocenters. The number of hydrogen-bond donors (Lipinski definition) is 1. The normalized spacial score (nSPS) is 12.7. The van der Waals surface area contributed by atoms with E-state index in [1.165, 1.54) is 4.88 Å². The Morgan fingerprint density at radius 3 is 2.57 bits per heavy atom. The van der Waals surface area contributed by atoms with Gasteiger partial charge in [-0.05, 0) is 39.4 Å². The first-order valence-electron chi connectivity index (χ1n) is 7.58. The summed E-state index contributed by atoms with van der Waals surface area (Å²) in [5.41, 5.74) is 1.70. The van der Waals surface area contributed by atoms with Crippen LogP contribution in [0.25, 0.3) is 10.9 Å². The number of aryl methyl sites for hydroxylation is 1. The van der Waals surface area contributed by atoms with Crippen molar-refractivity contribution in [3.8, 4) is 0 Å². The summed E-state index contributed by atoms with van der Waals surface area (Å²) < 4.78 is 2.79. The Labute approximate surface area is 148 Å². The van der Waals surface area contributed by atoms with Crippen LogP contribution in [-0.2, 0) is 7.05 Å². The van der Waals surface area contributed by atoms with Gasteiger partial charge in [0.25, 0.3) is 5.91 Å². The van der Waals surface area contributed by atoms with Crippen LogP contribution in [0.4, 0.5) is 0 Å². The number of rotatable bonds is 4. The van der Waals surface area contributed by atoms with Gasteiger partial charge in [0.05, 0.1) is 10.5 Å². The molecule has 0 aliphatic carbocycles. The van der Waals surface area contributed by atoms with Gasteiger partial charge in [0.2, 0.25) is 0 Å². The molecule has 1 aromatic carbocycles. The van der Waals surface area contributed by atoms with Crippen LogP contribution in [0.15, 0.2) is 46.3 Å². The summed E-state index contributed by atoms with van der Waals surface area (Å²) in [6, 6.07) is 12.1. The molecule has 1 unspecified atom stereocenters. The molecule has 23 heavy (non-hydrogen) atoms. The van der Waals surface area contributed by atoms with Crippen molar-refractivity contribution in [2.75, 3.05) is 0 Å². The summed E-state index contributed by atoms with van der Waals surface area (Å²) in [6.45, 7) is 4.25. The molecule has 3 nitrogen and oxygen atoms in total. The number of para-hydroxylation sites is 1. The van der Waals surface area contributed by atoms with Crippen LogP contribution in [0.1, 0.15) is 35.3 Å². The highest BCUT2D eigenvalue weighted by molar-refractivity contribution is 9.10. The quantitative estimate of drug-likeness (QED) is 0.657. The van der Waals surface area contributed by atoms with Crippen LogP contribution < -0.4 is 5.32 Å². The highest BCUT2D eigenvalue weighted by Gasteiger charge is 2.24. The molecule has 0 aliphatic rings. The molecule has 0 bridgehead atoms. The zero-order chi connectivity index (χ0) is 16.6. The molecule has 2 heterocycles. The Kier molecular flexibility index (Phi) is 4.60. The largest absolute Gasteiger partial charge is 0.343 e. The molecule has 0 saturated heterocycles. The van der Waals surface area contributed by atoms with E-state index in [0.717, 1.165) is 15.4 Å². The first-order chi connectivity index (χ1) is 11.0. The minimum Gasteiger partial charge on any atom is -0.343 e. The van der Waals surface area contributed by atoms with Crippen molar-refractivity contribution in [2.24, 2.45) is 13.0 Å². The van der Waals surface area contributed by atoms with Crippen LogP contribution >= 0.6 is 27.3 Å². The van der Waals surface area contributed by atoms with E-state index in [-0.39, 0.29) is 11.9 Å². The number of thiophene rings is 1. The highest BCUT2D eigenvalue weighted by atomic mass is 79.9. The third-order valence-electron chi connectivity index (χ3n) is 4.06. The number of hydrogen-bond acceptors (Lipinski definition) is 2. The molecule has 2 aromatic heterocycles. The zero-order valence-corrected chi connectivity index (χ0v) is 15.7.